The molecule has 0 heterocycles. The van der Waals surface area contributed by atoms with Crippen molar-refractivity contribution in [2.45, 2.75) is 104 Å². The first-order valence-electron chi connectivity index (χ1n) is 13.3. The highest BCUT2D eigenvalue weighted by Crippen LogP contribution is 2.26. The van der Waals surface area contributed by atoms with E-state index in [0.717, 1.165) is 29.3 Å². The van der Waals surface area contributed by atoms with Gasteiger partial charge in [0, 0.05) is 10.9 Å². The van der Waals surface area contributed by atoms with Gasteiger partial charge >= 0.3 is 0 Å². The monoisotopic (exact) mass is 466 g/mol. The summed E-state index contributed by atoms with van der Waals surface area (Å²) in [6.07, 6.45) is 21.5. The molecule has 0 spiro atoms. The first kappa shape index (κ1) is 27.6. The van der Waals surface area contributed by atoms with Crippen LogP contribution in [0.25, 0.3) is 0 Å². The number of hydrogen-bond acceptors (Lipinski definition) is 3. The molecule has 2 rings (SSSR count). The summed E-state index contributed by atoms with van der Waals surface area (Å²) in [6.45, 7) is 9.07. The van der Waals surface area contributed by atoms with Crippen molar-refractivity contribution in [1.29, 1.82) is 0 Å². The molecule has 0 aliphatic heterocycles. The molecular formula is C30H46N2S. The predicted octanol–water partition coefficient (Wildman–Crippen LogP) is 9.74. The topological polar surface area (TPSA) is 24.7 Å². The van der Waals surface area contributed by atoms with Gasteiger partial charge in [-0.25, -0.2) is 4.99 Å². The van der Waals surface area contributed by atoms with Crippen molar-refractivity contribution >= 4 is 28.9 Å². The Morgan fingerprint density at radius 1 is 0.788 bits per heavy atom. The summed E-state index contributed by atoms with van der Waals surface area (Å²) >= 11 is 1.96. The molecule has 2 nitrogen and oxygen atoms in total. The third kappa shape index (κ3) is 12.4. The van der Waals surface area contributed by atoms with E-state index in [1.54, 1.807) is 0 Å². The van der Waals surface area contributed by atoms with Gasteiger partial charge in [0.25, 0.3) is 0 Å². The summed E-state index contributed by atoms with van der Waals surface area (Å²) in [7, 11) is 0. The molecule has 0 N–H and O–H groups in total. The van der Waals surface area contributed by atoms with Crippen LogP contribution in [0.5, 0.6) is 0 Å². The number of para-hydroxylation sites is 1. The van der Waals surface area contributed by atoms with Crippen LogP contribution < -0.4 is 0 Å². The van der Waals surface area contributed by atoms with Crippen molar-refractivity contribution in [3.8, 4) is 0 Å². The van der Waals surface area contributed by atoms with Gasteiger partial charge in [-0.3, -0.25) is 4.99 Å². The molecule has 1 aliphatic carbocycles. The lowest BCUT2D eigenvalue weighted by Crippen LogP contribution is -2.12. The summed E-state index contributed by atoms with van der Waals surface area (Å²) in [6, 6.07) is 10.6. The Labute approximate surface area is 208 Å². The zero-order chi connectivity index (χ0) is 23.7. The maximum absolute atomic E-state index is 5.05. The molecular weight excluding hydrogens is 420 g/mol. The smallest absolute Gasteiger partial charge is 0.0714 e. The van der Waals surface area contributed by atoms with E-state index in [4.69, 9.17) is 9.98 Å². The van der Waals surface area contributed by atoms with Gasteiger partial charge in [0.2, 0.25) is 0 Å². The summed E-state index contributed by atoms with van der Waals surface area (Å²) < 4.78 is 0. The molecule has 1 aromatic rings. The number of nitrogens with zero attached hydrogens (tertiary/aromatic N) is 2. The number of unbranched alkanes of at least 4 members (excludes halogenated alkanes) is 9. The van der Waals surface area contributed by atoms with Gasteiger partial charge in [0.05, 0.1) is 17.1 Å². The van der Waals surface area contributed by atoms with Gasteiger partial charge in [-0.15, -0.1) is 11.8 Å². The normalized spacial score (nSPS) is 17.2. The van der Waals surface area contributed by atoms with E-state index in [2.05, 4.69) is 58.1 Å². The Morgan fingerprint density at radius 2 is 1.42 bits per heavy atom. The van der Waals surface area contributed by atoms with Crippen LogP contribution in [0, 0.1) is 5.92 Å². The molecule has 0 fully saturated rings. The largest absolute Gasteiger partial charge is 0.281 e. The minimum absolute atomic E-state index is 0.346. The van der Waals surface area contributed by atoms with Crippen LogP contribution in [0.1, 0.15) is 98.3 Å². The Bertz CT molecular complexity index is 774. The quantitative estimate of drug-likeness (QED) is 0.176. The summed E-state index contributed by atoms with van der Waals surface area (Å²) in [4.78, 5) is 11.2. The highest BCUT2D eigenvalue weighted by atomic mass is 32.2. The summed E-state index contributed by atoms with van der Waals surface area (Å²) in [5.41, 5.74) is 3.15. The van der Waals surface area contributed by atoms with Gasteiger partial charge in [0.1, 0.15) is 0 Å². The fourth-order valence-corrected chi connectivity index (χ4v) is 5.23. The Balaban J connectivity index is 1.86. The molecule has 1 aliphatic rings. The fraction of sp³-hybridized carbons (Fsp3) is 0.600. The predicted molar refractivity (Wildman–Crippen MR) is 151 cm³/mol. The SMILES string of the molecule is CCCCCCCCCCCCSC1=CC(=Nc2ccccc2)C=CC1=NC(C)CC(C)C. The lowest BCUT2D eigenvalue weighted by molar-refractivity contribution is 0.522. The van der Waals surface area contributed by atoms with Gasteiger partial charge in [-0.2, -0.15) is 0 Å². The number of benzene rings is 1. The highest BCUT2D eigenvalue weighted by Gasteiger charge is 2.13. The number of rotatable bonds is 16. The standard InChI is InChI=1S/C30H46N2S/c1-5-6-7-8-9-10-11-12-13-17-22-33-30-24-28(32-27-18-15-14-16-19-27)20-21-29(30)31-26(4)23-25(2)3/h14-16,18-21,24-26H,5-13,17,22-23H2,1-4H3. The van der Waals surface area contributed by atoms with Crippen LogP contribution in [0.4, 0.5) is 5.69 Å². The van der Waals surface area contributed by atoms with E-state index < -0.39 is 0 Å². The van der Waals surface area contributed by atoms with Crippen molar-refractivity contribution < 1.29 is 0 Å². The second-order valence-electron chi connectivity index (χ2n) is 9.74. The third-order valence-corrected chi connectivity index (χ3v) is 7.02. The van der Waals surface area contributed by atoms with E-state index in [-0.39, 0.29) is 0 Å². The molecule has 0 aromatic heterocycles. The molecule has 0 bridgehead atoms. The molecule has 1 atom stereocenters. The molecule has 0 radical (unpaired) electrons. The van der Waals surface area contributed by atoms with Crippen LogP contribution >= 0.6 is 11.8 Å². The average molecular weight is 467 g/mol. The van der Waals surface area contributed by atoms with Crippen LogP contribution in [0.2, 0.25) is 0 Å². The zero-order valence-electron chi connectivity index (χ0n) is 21.6. The van der Waals surface area contributed by atoms with Crippen LogP contribution in [0.15, 0.2) is 63.4 Å². The van der Waals surface area contributed by atoms with Crippen LogP contribution in [0.3, 0.4) is 0 Å². The molecule has 33 heavy (non-hydrogen) atoms. The number of hydrogen-bond donors (Lipinski definition) is 0. The second kappa shape index (κ2) is 16.9. The van der Waals surface area contributed by atoms with E-state index in [9.17, 15) is 0 Å². The van der Waals surface area contributed by atoms with Gasteiger partial charge in [-0.1, -0.05) is 96.8 Å². The maximum Gasteiger partial charge on any atom is 0.0714 e. The third-order valence-electron chi connectivity index (χ3n) is 5.89. The molecule has 0 amide bonds. The van der Waals surface area contributed by atoms with Crippen molar-refractivity contribution in [2.75, 3.05) is 5.75 Å². The maximum atomic E-state index is 5.05. The van der Waals surface area contributed by atoms with E-state index >= 15 is 0 Å². The average Bonchev–Trinajstić information content (AvgIpc) is 2.79. The van der Waals surface area contributed by atoms with Crippen molar-refractivity contribution in [3.05, 3.63) is 53.5 Å². The number of allylic oxidation sites excluding steroid dienone is 4. The number of thioether (sulfide) groups is 1. The van der Waals surface area contributed by atoms with Gasteiger partial charge in [0.15, 0.2) is 0 Å². The highest BCUT2D eigenvalue weighted by molar-refractivity contribution is 8.04. The second-order valence-corrected chi connectivity index (χ2v) is 10.9. The van der Waals surface area contributed by atoms with E-state index in [1.165, 1.54) is 69.1 Å². The molecule has 182 valence electrons. The fourth-order valence-electron chi connectivity index (χ4n) is 4.19. The van der Waals surface area contributed by atoms with E-state index in [1.807, 2.05) is 30.0 Å². The lowest BCUT2D eigenvalue weighted by atomic mass is 10.1. The Hall–Kier alpha value is -1.61. The number of aliphatic imine (C=N–C) groups is 2. The molecule has 0 saturated carbocycles. The zero-order valence-corrected chi connectivity index (χ0v) is 22.4. The van der Waals surface area contributed by atoms with E-state index in [0.29, 0.717) is 12.0 Å². The van der Waals surface area contributed by atoms with Crippen molar-refractivity contribution in [2.24, 2.45) is 15.9 Å². The van der Waals surface area contributed by atoms with Crippen LogP contribution in [-0.2, 0) is 0 Å². The van der Waals surface area contributed by atoms with Crippen molar-refractivity contribution in [1.82, 2.24) is 0 Å². The molecule has 3 heteroatoms. The van der Waals surface area contributed by atoms with Crippen molar-refractivity contribution in [3.63, 3.8) is 0 Å². The Kier molecular flexibility index (Phi) is 14.2. The molecule has 1 unspecified atom stereocenters. The first-order valence-corrected chi connectivity index (χ1v) is 14.3. The minimum atomic E-state index is 0.346. The molecule has 1 aromatic carbocycles. The minimum Gasteiger partial charge on any atom is -0.281 e. The van der Waals surface area contributed by atoms with Gasteiger partial charge < -0.3 is 0 Å². The lowest BCUT2D eigenvalue weighted by Gasteiger charge is -2.16. The Morgan fingerprint density at radius 3 is 2.06 bits per heavy atom. The summed E-state index contributed by atoms with van der Waals surface area (Å²) in [5, 5.41) is 0. The molecule has 0 saturated heterocycles. The summed E-state index contributed by atoms with van der Waals surface area (Å²) in [5.74, 6) is 1.82. The first-order chi connectivity index (χ1) is 16.1. The van der Waals surface area contributed by atoms with Crippen LogP contribution in [-0.4, -0.2) is 23.2 Å². The van der Waals surface area contributed by atoms with Gasteiger partial charge in [-0.05, 0) is 61.8 Å².